The van der Waals surface area contributed by atoms with Crippen LogP contribution in [0.1, 0.15) is 40.2 Å². The molecule has 1 aliphatic rings. The van der Waals surface area contributed by atoms with E-state index in [1.165, 1.54) is 24.0 Å². The number of aryl methyl sites for hydroxylation is 1. The number of nitrogen functional groups attached to an aromatic ring is 1. The Kier molecular flexibility index (Phi) is 2.25. The van der Waals surface area contributed by atoms with Gasteiger partial charge in [0.05, 0.1) is 0 Å². The Morgan fingerprint density at radius 3 is 2.79 bits per heavy atom. The molecule has 1 aromatic rings. The van der Waals surface area contributed by atoms with Crippen LogP contribution in [0.4, 0.5) is 0 Å². The van der Waals surface area contributed by atoms with Gasteiger partial charge in [-0.15, -0.1) is 0 Å². The van der Waals surface area contributed by atoms with Crippen LogP contribution in [0.2, 0.25) is 0 Å². The summed E-state index contributed by atoms with van der Waals surface area (Å²) in [6.45, 7) is 2.08. The van der Waals surface area contributed by atoms with Gasteiger partial charge >= 0.3 is 0 Å². The highest BCUT2D eigenvalue weighted by atomic mass is 16.2. The van der Waals surface area contributed by atoms with E-state index in [1.54, 1.807) is 0 Å². The second-order valence-corrected chi connectivity index (χ2v) is 3.82. The first-order valence-corrected chi connectivity index (χ1v) is 4.84. The molecule has 0 aromatic heterocycles. The van der Waals surface area contributed by atoms with E-state index in [9.17, 15) is 4.79 Å². The number of nitrogens with one attached hydrogen (secondary N) is 1. The van der Waals surface area contributed by atoms with Crippen LogP contribution in [0.3, 0.4) is 0 Å². The molecule has 0 saturated heterocycles. The van der Waals surface area contributed by atoms with E-state index in [-0.39, 0.29) is 5.91 Å². The predicted octanol–water partition coefficient (Wildman–Crippen LogP) is 1.48. The Hall–Kier alpha value is -1.35. The van der Waals surface area contributed by atoms with Crippen molar-refractivity contribution in [2.24, 2.45) is 5.84 Å². The van der Waals surface area contributed by atoms with Crippen molar-refractivity contribution in [2.75, 3.05) is 0 Å². The first-order chi connectivity index (χ1) is 6.72. The summed E-state index contributed by atoms with van der Waals surface area (Å²) in [5.74, 6) is 5.54. The van der Waals surface area contributed by atoms with E-state index < -0.39 is 0 Å². The molecule has 0 bridgehead atoms. The summed E-state index contributed by atoms with van der Waals surface area (Å²) in [7, 11) is 0. The summed E-state index contributed by atoms with van der Waals surface area (Å²) in [4.78, 5) is 11.3. The van der Waals surface area contributed by atoms with Crippen molar-refractivity contribution in [3.63, 3.8) is 0 Å². The number of amides is 1. The zero-order valence-electron chi connectivity index (χ0n) is 8.21. The molecule has 3 nitrogen and oxygen atoms in total. The van der Waals surface area contributed by atoms with E-state index in [1.807, 2.05) is 18.2 Å². The normalized spacial score (nSPS) is 15.3. The van der Waals surface area contributed by atoms with Crippen LogP contribution in [0.25, 0.3) is 0 Å². The summed E-state index contributed by atoms with van der Waals surface area (Å²) in [5.41, 5.74) is 5.36. The van der Waals surface area contributed by atoms with Crippen LogP contribution < -0.4 is 11.3 Å². The fourth-order valence-electron chi connectivity index (χ4n) is 1.70. The lowest BCUT2D eigenvalue weighted by atomic mass is 10.0. The SMILES string of the molecule is Cc1ccc(C(=O)NN)cc1C1CC1. The average Bonchev–Trinajstić information content (AvgIpc) is 3.01. The number of rotatable bonds is 2. The Morgan fingerprint density at radius 1 is 1.50 bits per heavy atom. The summed E-state index contributed by atoms with van der Waals surface area (Å²) >= 11 is 0. The minimum absolute atomic E-state index is 0.216. The maximum Gasteiger partial charge on any atom is 0.265 e. The van der Waals surface area contributed by atoms with Gasteiger partial charge in [0, 0.05) is 5.56 Å². The molecule has 1 amide bonds. The topological polar surface area (TPSA) is 55.1 Å². The van der Waals surface area contributed by atoms with Crippen LogP contribution in [0.5, 0.6) is 0 Å². The van der Waals surface area contributed by atoms with Gasteiger partial charge in [-0.3, -0.25) is 10.2 Å². The van der Waals surface area contributed by atoms with Gasteiger partial charge in [0.25, 0.3) is 5.91 Å². The lowest BCUT2D eigenvalue weighted by Gasteiger charge is -2.06. The van der Waals surface area contributed by atoms with Crippen LogP contribution >= 0.6 is 0 Å². The van der Waals surface area contributed by atoms with Crippen molar-refractivity contribution in [3.05, 3.63) is 34.9 Å². The number of carbonyl (C=O) groups is 1. The molecule has 3 heteroatoms. The third-order valence-corrected chi connectivity index (χ3v) is 2.69. The van der Waals surface area contributed by atoms with Gasteiger partial charge in [0.2, 0.25) is 0 Å². The van der Waals surface area contributed by atoms with Crippen molar-refractivity contribution in [1.82, 2.24) is 5.43 Å². The van der Waals surface area contributed by atoms with Crippen molar-refractivity contribution in [2.45, 2.75) is 25.7 Å². The molecule has 1 saturated carbocycles. The first-order valence-electron chi connectivity index (χ1n) is 4.84. The molecule has 2 rings (SSSR count). The van der Waals surface area contributed by atoms with Gasteiger partial charge in [-0.05, 0) is 48.9 Å². The van der Waals surface area contributed by atoms with E-state index in [2.05, 4.69) is 12.3 Å². The molecule has 1 aliphatic carbocycles. The van der Waals surface area contributed by atoms with E-state index in [0.717, 1.165) is 0 Å². The van der Waals surface area contributed by atoms with Crippen molar-refractivity contribution >= 4 is 5.91 Å². The summed E-state index contributed by atoms with van der Waals surface area (Å²) in [6, 6.07) is 5.75. The zero-order valence-corrected chi connectivity index (χ0v) is 8.21. The number of benzene rings is 1. The number of hydrogen-bond acceptors (Lipinski definition) is 2. The lowest BCUT2D eigenvalue weighted by Crippen LogP contribution is -2.30. The standard InChI is InChI=1S/C11H14N2O/c1-7-2-3-9(11(14)13-12)6-10(7)8-4-5-8/h2-3,6,8H,4-5,12H2,1H3,(H,13,14). The highest BCUT2D eigenvalue weighted by Gasteiger charge is 2.25. The lowest BCUT2D eigenvalue weighted by molar-refractivity contribution is 0.0953. The molecule has 14 heavy (non-hydrogen) atoms. The summed E-state index contributed by atoms with van der Waals surface area (Å²) in [6.07, 6.45) is 2.49. The molecular formula is C11H14N2O. The minimum atomic E-state index is -0.216. The maximum atomic E-state index is 11.3. The van der Waals surface area contributed by atoms with Crippen LogP contribution in [-0.2, 0) is 0 Å². The van der Waals surface area contributed by atoms with Gasteiger partial charge in [-0.1, -0.05) is 6.07 Å². The van der Waals surface area contributed by atoms with Gasteiger partial charge in [0.1, 0.15) is 0 Å². The quantitative estimate of drug-likeness (QED) is 0.421. The molecule has 0 radical (unpaired) electrons. The fourth-order valence-corrected chi connectivity index (χ4v) is 1.70. The van der Waals surface area contributed by atoms with Crippen molar-refractivity contribution < 1.29 is 4.79 Å². The predicted molar refractivity (Wildman–Crippen MR) is 54.8 cm³/mol. The summed E-state index contributed by atoms with van der Waals surface area (Å²) < 4.78 is 0. The summed E-state index contributed by atoms with van der Waals surface area (Å²) in [5, 5.41) is 0. The number of nitrogens with two attached hydrogens (primary N) is 1. The Bertz CT molecular complexity index is 370. The molecule has 0 atom stereocenters. The number of hydrazine groups is 1. The first kappa shape index (κ1) is 9.21. The second-order valence-electron chi connectivity index (χ2n) is 3.82. The third kappa shape index (κ3) is 1.63. The van der Waals surface area contributed by atoms with Gasteiger partial charge in [-0.25, -0.2) is 5.84 Å². The molecular weight excluding hydrogens is 176 g/mol. The van der Waals surface area contributed by atoms with Crippen molar-refractivity contribution in [1.29, 1.82) is 0 Å². The van der Waals surface area contributed by atoms with Gasteiger partial charge in [-0.2, -0.15) is 0 Å². The highest BCUT2D eigenvalue weighted by Crippen LogP contribution is 2.41. The molecule has 0 heterocycles. The molecule has 0 spiro atoms. The molecule has 0 unspecified atom stereocenters. The molecule has 3 N–H and O–H groups in total. The average molecular weight is 190 g/mol. The number of hydrogen-bond donors (Lipinski definition) is 2. The highest BCUT2D eigenvalue weighted by molar-refractivity contribution is 5.94. The zero-order chi connectivity index (χ0) is 10.1. The van der Waals surface area contributed by atoms with Gasteiger partial charge < -0.3 is 0 Å². The maximum absolute atomic E-state index is 11.3. The smallest absolute Gasteiger partial charge is 0.265 e. The van der Waals surface area contributed by atoms with E-state index >= 15 is 0 Å². The minimum Gasteiger partial charge on any atom is -0.290 e. The van der Waals surface area contributed by atoms with Crippen LogP contribution in [0, 0.1) is 6.92 Å². The molecule has 74 valence electrons. The molecule has 0 aliphatic heterocycles. The van der Waals surface area contributed by atoms with E-state index in [0.29, 0.717) is 11.5 Å². The van der Waals surface area contributed by atoms with Crippen LogP contribution in [-0.4, -0.2) is 5.91 Å². The monoisotopic (exact) mass is 190 g/mol. The largest absolute Gasteiger partial charge is 0.290 e. The third-order valence-electron chi connectivity index (χ3n) is 2.69. The Morgan fingerprint density at radius 2 is 2.21 bits per heavy atom. The molecule has 1 fully saturated rings. The van der Waals surface area contributed by atoms with E-state index in [4.69, 9.17) is 5.84 Å². The fraction of sp³-hybridized carbons (Fsp3) is 0.364. The second kappa shape index (κ2) is 3.42. The Labute approximate surface area is 83.3 Å². The van der Waals surface area contributed by atoms with Crippen molar-refractivity contribution in [3.8, 4) is 0 Å². The number of carbonyl (C=O) groups excluding carboxylic acids is 1. The van der Waals surface area contributed by atoms with Crippen LogP contribution in [0.15, 0.2) is 18.2 Å². The van der Waals surface area contributed by atoms with Gasteiger partial charge in [0.15, 0.2) is 0 Å². The Balaban J connectivity index is 2.35. The molecule has 1 aromatic carbocycles.